The summed E-state index contributed by atoms with van der Waals surface area (Å²) in [5.74, 6) is -0.0249. The van der Waals surface area contributed by atoms with E-state index >= 15 is 0 Å². The zero-order valence-electron chi connectivity index (χ0n) is 14.5. The number of esters is 1. The minimum Gasteiger partial charge on any atom is -0.432 e. The molecule has 5 rings (SSSR count). The van der Waals surface area contributed by atoms with Crippen molar-refractivity contribution in [2.24, 2.45) is 5.92 Å². The van der Waals surface area contributed by atoms with Crippen LogP contribution in [0.15, 0.2) is 60.7 Å². The van der Waals surface area contributed by atoms with Gasteiger partial charge in [-0.15, -0.1) is 0 Å². The van der Waals surface area contributed by atoms with E-state index in [-0.39, 0.29) is 0 Å². The minimum absolute atomic E-state index is 0.521. The van der Waals surface area contributed by atoms with Crippen LogP contribution >= 0.6 is 22.6 Å². The lowest BCUT2D eigenvalue weighted by Gasteiger charge is -2.50. The molecule has 2 aromatic carbocycles. The number of hydrogen-bond donors (Lipinski definition) is 1. The Labute approximate surface area is 167 Å². The Morgan fingerprint density at radius 1 is 1.04 bits per heavy atom. The van der Waals surface area contributed by atoms with Crippen LogP contribution in [-0.4, -0.2) is 32.8 Å². The summed E-state index contributed by atoms with van der Waals surface area (Å²) in [5.41, 5.74) is -0.780. The van der Waals surface area contributed by atoms with E-state index in [9.17, 15) is 9.90 Å². The van der Waals surface area contributed by atoms with Crippen LogP contribution in [0.25, 0.3) is 0 Å². The van der Waals surface area contributed by atoms with Gasteiger partial charge in [-0.2, -0.15) is 0 Å². The zero-order valence-corrected chi connectivity index (χ0v) is 16.6. The first-order valence-corrected chi connectivity index (χ1v) is 10.1. The first-order valence-electron chi connectivity index (χ1n) is 9.03. The van der Waals surface area contributed by atoms with Gasteiger partial charge in [-0.05, 0) is 52.5 Å². The van der Waals surface area contributed by atoms with Crippen LogP contribution in [-0.2, 0) is 15.1 Å². The van der Waals surface area contributed by atoms with E-state index in [0.29, 0.717) is 17.0 Å². The molecule has 3 heterocycles. The number of hydrogen-bond acceptors (Lipinski definition) is 4. The van der Waals surface area contributed by atoms with Crippen molar-refractivity contribution in [3.05, 3.63) is 71.8 Å². The molecule has 26 heavy (non-hydrogen) atoms. The molecule has 2 bridgehead atoms. The summed E-state index contributed by atoms with van der Waals surface area (Å²) >= 11 is 2.25. The van der Waals surface area contributed by atoms with Crippen LogP contribution in [0.3, 0.4) is 0 Å². The number of alkyl halides is 1. The molecule has 3 aliphatic rings. The number of carbonyl (C=O) groups excluding carboxylic acids is 1. The molecule has 3 fully saturated rings. The maximum Gasteiger partial charge on any atom is 0.350 e. The van der Waals surface area contributed by atoms with E-state index in [1.807, 2.05) is 36.4 Å². The molecule has 4 nitrogen and oxygen atoms in total. The van der Waals surface area contributed by atoms with Crippen LogP contribution < -0.4 is 0 Å². The SMILES string of the molecule is O=C(OC1(I)CC2CCN1CC2)C(O)(c1ccccc1)c1ccccc1. The van der Waals surface area contributed by atoms with E-state index in [1.54, 1.807) is 24.3 Å². The lowest BCUT2D eigenvalue weighted by atomic mass is 9.85. The second-order valence-electron chi connectivity index (χ2n) is 7.16. The molecule has 136 valence electrons. The number of piperidine rings is 3. The number of nitrogens with zero attached hydrogens (tertiary/aromatic N) is 1. The van der Waals surface area contributed by atoms with Crippen molar-refractivity contribution >= 4 is 28.6 Å². The van der Waals surface area contributed by atoms with Crippen molar-refractivity contribution < 1.29 is 14.6 Å². The van der Waals surface area contributed by atoms with Crippen molar-refractivity contribution in [3.8, 4) is 0 Å². The molecular weight excluding hydrogens is 441 g/mol. The lowest BCUT2D eigenvalue weighted by molar-refractivity contribution is -0.191. The second-order valence-corrected chi connectivity index (χ2v) is 8.84. The fourth-order valence-corrected chi connectivity index (χ4v) is 5.34. The van der Waals surface area contributed by atoms with E-state index in [2.05, 4.69) is 27.5 Å². The molecule has 0 amide bonds. The largest absolute Gasteiger partial charge is 0.432 e. The second kappa shape index (κ2) is 6.94. The maximum absolute atomic E-state index is 13.3. The third-order valence-corrected chi connectivity index (χ3v) is 6.90. The normalized spacial score (nSPS) is 27.9. The van der Waals surface area contributed by atoms with Gasteiger partial charge in [0.05, 0.1) is 0 Å². The summed E-state index contributed by atoms with van der Waals surface area (Å²) in [6.45, 7) is 1.88. The Bertz CT molecular complexity index is 735. The van der Waals surface area contributed by atoms with Crippen LogP contribution in [0, 0.1) is 5.92 Å². The standard InChI is InChI=1S/C21H22INO3/c22-20(15-16-11-13-23(20)14-12-16)26-19(24)21(25,17-7-3-1-4-8-17)18-9-5-2-6-10-18/h1-10,16,25H,11-15H2. The van der Waals surface area contributed by atoms with Gasteiger partial charge in [-0.25, -0.2) is 4.79 Å². The van der Waals surface area contributed by atoms with Gasteiger partial charge in [-0.1, -0.05) is 60.7 Å². The number of benzene rings is 2. The van der Waals surface area contributed by atoms with Crippen molar-refractivity contribution in [1.29, 1.82) is 0 Å². The van der Waals surface area contributed by atoms with Crippen molar-refractivity contribution in [2.75, 3.05) is 13.1 Å². The Morgan fingerprint density at radius 3 is 1.96 bits per heavy atom. The molecule has 3 saturated heterocycles. The smallest absolute Gasteiger partial charge is 0.350 e. The average Bonchev–Trinajstić information content (AvgIpc) is 2.69. The molecule has 0 spiro atoms. The molecule has 1 unspecified atom stereocenters. The third kappa shape index (κ3) is 3.06. The third-order valence-electron chi connectivity index (χ3n) is 5.55. The summed E-state index contributed by atoms with van der Waals surface area (Å²) in [6.07, 6.45) is 3.13. The molecule has 1 N–H and O–H groups in total. The fraction of sp³-hybridized carbons (Fsp3) is 0.381. The molecule has 3 aliphatic heterocycles. The summed E-state index contributed by atoms with van der Waals surface area (Å²) in [6, 6.07) is 18.1. The van der Waals surface area contributed by atoms with Gasteiger partial charge in [-0.3, -0.25) is 4.90 Å². The summed E-state index contributed by atoms with van der Waals surface area (Å²) in [5, 5.41) is 11.5. The lowest BCUT2D eigenvalue weighted by Crippen LogP contribution is -2.58. The van der Waals surface area contributed by atoms with Crippen molar-refractivity contribution in [2.45, 2.75) is 28.6 Å². The number of rotatable bonds is 4. The molecule has 5 heteroatoms. The summed E-state index contributed by atoms with van der Waals surface area (Å²) in [4.78, 5) is 15.5. The molecule has 1 atom stereocenters. The fourth-order valence-electron chi connectivity index (χ4n) is 4.04. The highest BCUT2D eigenvalue weighted by molar-refractivity contribution is 14.1. The zero-order chi connectivity index (χ0) is 18.2. The van der Waals surface area contributed by atoms with Crippen LogP contribution in [0.4, 0.5) is 0 Å². The van der Waals surface area contributed by atoms with Gasteiger partial charge < -0.3 is 9.84 Å². The predicted molar refractivity (Wildman–Crippen MR) is 108 cm³/mol. The molecule has 0 aliphatic carbocycles. The number of aliphatic hydroxyl groups is 1. The van der Waals surface area contributed by atoms with Gasteiger partial charge in [0.25, 0.3) is 0 Å². The Balaban J connectivity index is 1.70. The van der Waals surface area contributed by atoms with Crippen LogP contribution in [0.2, 0.25) is 0 Å². The Morgan fingerprint density at radius 2 is 1.54 bits per heavy atom. The highest BCUT2D eigenvalue weighted by Crippen LogP contribution is 2.45. The van der Waals surface area contributed by atoms with E-state index in [1.165, 1.54) is 0 Å². The molecular formula is C21H22INO3. The molecule has 0 radical (unpaired) electrons. The average molecular weight is 463 g/mol. The summed E-state index contributed by atoms with van der Waals surface area (Å²) in [7, 11) is 0. The molecule has 0 aromatic heterocycles. The monoisotopic (exact) mass is 463 g/mol. The number of fused-ring (bicyclic) bond motifs is 3. The van der Waals surface area contributed by atoms with E-state index in [0.717, 1.165) is 32.4 Å². The van der Waals surface area contributed by atoms with Gasteiger partial charge in [0, 0.05) is 19.5 Å². The molecule has 0 saturated carbocycles. The van der Waals surface area contributed by atoms with E-state index in [4.69, 9.17) is 4.74 Å². The van der Waals surface area contributed by atoms with E-state index < -0.39 is 15.3 Å². The summed E-state index contributed by atoms with van der Waals surface area (Å²) < 4.78 is 5.34. The number of carbonyl (C=O) groups is 1. The van der Waals surface area contributed by atoms with Crippen LogP contribution in [0.5, 0.6) is 0 Å². The van der Waals surface area contributed by atoms with Crippen LogP contribution in [0.1, 0.15) is 30.4 Å². The number of halogens is 1. The first-order chi connectivity index (χ1) is 12.5. The number of ether oxygens (including phenoxy) is 1. The van der Waals surface area contributed by atoms with Crippen molar-refractivity contribution in [3.63, 3.8) is 0 Å². The Hall–Kier alpha value is -1.44. The predicted octanol–water partition coefficient (Wildman–Crippen LogP) is 3.67. The van der Waals surface area contributed by atoms with Gasteiger partial charge >= 0.3 is 5.97 Å². The maximum atomic E-state index is 13.3. The van der Waals surface area contributed by atoms with Crippen molar-refractivity contribution in [1.82, 2.24) is 4.90 Å². The van der Waals surface area contributed by atoms with Gasteiger partial charge in [0.2, 0.25) is 9.33 Å². The highest BCUT2D eigenvalue weighted by atomic mass is 127. The Kier molecular flexibility index (Phi) is 4.79. The quantitative estimate of drug-likeness (QED) is 0.326. The first kappa shape index (κ1) is 17.9. The highest BCUT2D eigenvalue weighted by Gasteiger charge is 2.51. The topological polar surface area (TPSA) is 49.8 Å². The van der Waals surface area contributed by atoms with Gasteiger partial charge in [0.1, 0.15) is 0 Å². The minimum atomic E-state index is -1.82. The van der Waals surface area contributed by atoms with Gasteiger partial charge in [0.15, 0.2) is 0 Å². The molecule has 2 aromatic rings.